The molecule has 0 atom stereocenters. The van der Waals surface area contributed by atoms with E-state index in [1.165, 1.54) is 0 Å². The Balaban J connectivity index is 1.83. The van der Waals surface area contributed by atoms with Crippen LogP contribution >= 0.6 is 0 Å². The molecule has 1 saturated heterocycles. The first kappa shape index (κ1) is 15.6. The maximum Gasteiger partial charge on any atom is 0.321 e. The highest BCUT2D eigenvalue weighted by Gasteiger charge is 2.20. The van der Waals surface area contributed by atoms with E-state index in [0.717, 1.165) is 48.9 Å². The molecular formula is C18H24N4O. The molecular weight excluding hydrogens is 288 g/mol. The molecule has 1 aliphatic rings. The van der Waals surface area contributed by atoms with Gasteiger partial charge in [0.1, 0.15) is 0 Å². The summed E-state index contributed by atoms with van der Waals surface area (Å²) in [6.45, 7) is 7.53. The molecule has 5 heteroatoms. The highest BCUT2D eigenvalue weighted by Crippen LogP contribution is 2.24. The van der Waals surface area contributed by atoms with Crippen LogP contribution in [0.5, 0.6) is 0 Å². The lowest BCUT2D eigenvalue weighted by Crippen LogP contribution is -2.48. The minimum absolute atomic E-state index is 0.0204. The van der Waals surface area contributed by atoms with Gasteiger partial charge >= 0.3 is 6.03 Å². The van der Waals surface area contributed by atoms with Crippen LogP contribution in [0.15, 0.2) is 36.4 Å². The van der Waals surface area contributed by atoms with E-state index < -0.39 is 0 Å². The summed E-state index contributed by atoms with van der Waals surface area (Å²) in [5, 5.41) is 3.09. The van der Waals surface area contributed by atoms with Gasteiger partial charge in [-0.25, -0.2) is 4.79 Å². The molecule has 1 aromatic heterocycles. The Morgan fingerprint density at radius 1 is 0.957 bits per heavy atom. The van der Waals surface area contributed by atoms with Gasteiger partial charge in [0.25, 0.3) is 0 Å². The Morgan fingerprint density at radius 2 is 1.57 bits per heavy atom. The van der Waals surface area contributed by atoms with Crippen LogP contribution < -0.4 is 5.32 Å². The number of rotatable bonds is 2. The van der Waals surface area contributed by atoms with Gasteiger partial charge in [0, 0.05) is 37.6 Å². The van der Waals surface area contributed by atoms with Crippen LogP contribution in [-0.2, 0) is 0 Å². The van der Waals surface area contributed by atoms with Gasteiger partial charge in [0.2, 0.25) is 0 Å². The third kappa shape index (κ3) is 3.24. The van der Waals surface area contributed by atoms with Crippen LogP contribution in [0.25, 0.3) is 5.69 Å². The molecule has 2 aromatic rings. The maximum atomic E-state index is 12.6. The van der Waals surface area contributed by atoms with Crippen molar-refractivity contribution in [3.05, 3.63) is 47.8 Å². The fraction of sp³-hybridized carbons (Fsp3) is 0.389. The monoisotopic (exact) mass is 312 g/mol. The molecule has 0 aliphatic carbocycles. The second-order valence-electron chi connectivity index (χ2n) is 6.19. The minimum Gasteiger partial charge on any atom is -0.322 e. The van der Waals surface area contributed by atoms with E-state index in [4.69, 9.17) is 0 Å². The van der Waals surface area contributed by atoms with Gasteiger partial charge in [0.05, 0.1) is 11.4 Å². The van der Waals surface area contributed by atoms with E-state index in [9.17, 15) is 4.79 Å². The van der Waals surface area contributed by atoms with Gasteiger partial charge in [-0.15, -0.1) is 0 Å². The van der Waals surface area contributed by atoms with Gasteiger partial charge in [-0.2, -0.15) is 0 Å². The molecule has 122 valence electrons. The summed E-state index contributed by atoms with van der Waals surface area (Å²) in [4.78, 5) is 16.7. The fourth-order valence-corrected chi connectivity index (χ4v) is 3.03. The van der Waals surface area contributed by atoms with Crippen molar-refractivity contribution in [2.75, 3.05) is 38.5 Å². The molecule has 23 heavy (non-hydrogen) atoms. The van der Waals surface area contributed by atoms with E-state index in [0.29, 0.717) is 0 Å². The summed E-state index contributed by atoms with van der Waals surface area (Å²) < 4.78 is 2.17. The average molecular weight is 312 g/mol. The zero-order valence-corrected chi connectivity index (χ0v) is 14.0. The number of carbonyl (C=O) groups is 1. The number of piperazine rings is 1. The molecule has 1 aliphatic heterocycles. The normalized spacial score (nSPS) is 15.7. The van der Waals surface area contributed by atoms with Crippen molar-refractivity contribution < 1.29 is 4.79 Å². The predicted molar refractivity (Wildman–Crippen MR) is 93.3 cm³/mol. The largest absolute Gasteiger partial charge is 0.322 e. The van der Waals surface area contributed by atoms with Crippen LogP contribution in [0.3, 0.4) is 0 Å². The standard InChI is InChI=1S/C18H24N4O/c1-14-8-9-15(2)22(14)17-7-5-4-6-16(17)19-18(23)21-12-10-20(3)11-13-21/h4-9H,10-13H2,1-3H3,(H,19,23). The first-order valence-corrected chi connectivity index (χ1v) is 8.05. The summed E-state index contributed by atoms with van der Waals surface area (Å²) in [6, 6.07) is 12.1. The summed E-state index contributed by atoms with van der Waals surface area (Å²) >= 11 is 0. The fourth-order valence-electron chi connectivity index (χ4n) is 3.03. The van der Waals surface area contributed by atoms with Gasteiger partial charge in [0.15, 0.2) is 0 Å². The number of likely N-dealkylation sites (N-methyl/N-ethyl adjacent to an activating group) is 1. The third-order valence-corrected chi connectivity index (χ3v) is 4.45. The zero-order valence-electron chi connectivity index (χ0n) is 14.0. The van der Waals surface area contributed by atoms with E-state index in [2.05, 4.69) is 47.8 Å². The molecule has 0 bridgehead atoms. The van der Waals surface area contributed by atoms with Crippen LogP contribution in [0, 0.1) is 13.8 Å². The molecule has 1 N–H and O–H groups in total. The van der Waals surface area contributed by atoms with Crippen LogP contribution in [-0.4, -0.2) is 53.6 Å². The summed E-state index contributed by atoms with van der Waals surface area (Å²) in [5.41, 5.74) is 4.17. The van der Waals surface area contributed by atoms with Crippen molar-refractivity contribution in [3.63, 3.8) is 0 Å². The van der Waals surface area contributed by atoms with Crippen molar-refractivity contribution in [1.29, 1.82) is 0 Å². The maximum absolute atomic E-state index is 12.6. The Labute approximate surface area is 137 Å². The summed E-state index contributed by atoms with van der Waals surface area (Å²) in [7, 11) is 2.09. The number of aryl methyl sites for hydroxylation is 2. The smallest absolute Gasteiger partial charge is 0.321 e. The second kappa shape index (κ2) is 6.46. The molecule has 1 fully saturated rings. The number of benzene rings is 1. The van der Waals surface area contributed by atoms with Gasteiger partial charge in [-0.3, -0.25) is 0 Å². The highest BCUT2D eigenvalue weighted by atomic mass is 16.2. The highest BCUT2D eigenvalue weighted by molar-refractivity contribution is 5.91. The van der Waals surface area contributed by atoms with E-state index in [1.807, 2.05) is 29.2 Å². The number of para-hydroxylation sites is 2. The lowest BCUT2D eigenvalue weighted by molar-refractivity contribution is 0.164. The lowest BCUT2D eigenvalue weighted by atomic mass is 10.2. The van der Waals surface area contributed by atoms with Gasteiger partial charge < -0.3 is 19.7 Å². The van der Waals surface area contributed by atoms with Crippen molar-refractivity contribution in [2.45, 2.75) is 13.8 Å². The van der Waals surface area contributed by atoms with Crippen molar-refractivity contribution in [1.82, 2.24) is 14.4 Å². The van der Waals surface area contributed by atoms with Crippen molar-refractivity contribution >= 4 is 11.7 Å². The molecule has 0 spiro atoms. The number of hydrogen-bond donors (Lipinski definition) is 1. The average Bonchev–Trinajstić information content (AvgIpc) is 2.87. The Kier molecular flexibility index (Phi) is 4.39. The van der Waals surface area contributed by atoms with Gasteiger partial charge in [-0.1, -0.05) is 12.1 Å². The summed E-state index contributed by atoms with van der Waals surface area (Å²) in [6.07, 6.45) is 0. The Bertz CT molecular complexity index is 679. The van der Waals surface area contributed by atoms with Crippen LogP contribution in [0.4, 0.5) is 10.5 Å². The van der Waals surface area contributed by atoms with Crippen molar-refractivity contribution in [3.8, 4) is 5.69 Å². The molecule has 5 nitrogen and oxygen atoms in total. The van der Waals surface area contributed by atoms with Crippen LogP contribution in [0.1, 0.15) is 11.4 Å². The van der Waals surface area contributed by atoms with E-state index in [-0.39, 0.29) is 6.03 Å². The Morgan fingerprint density at radius 3 is 2.22 bits per heavy atom. The van der Waals surface area contributed by atoms with E-state index >= 15 is 0 Å². The number of anilines is 1. The van der Waals surface area contributed by atoms with Gasteiger partial charge in [-0.05, 0) is 45.2 Å². The second-order valence-corrected chi connectivity index (χ2v) is 6.19. The number of aromatic nitrogens is 1. The number of nitrogens with one attached hydrogen (secondary N) is 1. The molecule has 0 radical (unpaired) electrons. The van der Waals surface area contributed by atoms with Crippen molar-refractivity contribution in [2.24, 2.45) is 0 Å². The molecule has 0 saturated carbocycles. The number of carbonyl (C=O) groups excluding carboxylic acids is 1. The minimum atomic E-state index is -0.0204. The third-order valence-electron chi connectivity index (χ3n) is 4.45. The molecule has 2 amide bonds. The predicted octanol–water partition coefficient (Wildman–Crippen LogP) is 2.87. The number of urea groups is 1. The first-order chi connectivity index (χ1) is 11.1. The molecule has 0 unspecified atom stereocenters. The Hall–Kier alpha value is -2.27. The number of hydrogen-bond acceptors (Lipinski definition) is 2. The molecule has 1 aromatic carbocycles. The first-order valence-electron chi connectivity index (χ1n) is 8.05. The molecule has 2 heterocycles. The number of nitrogens with zero attached hydrogens (tertiary/aromatic N) is 3. The number of amides is 2. The quantitative estimate of drug-likeness (QED) is 0.926. The summed E-state index contributed by atoms with van der Waals surface area (Å²) in [5.74, 6) is 0. The SMILES string of the molecule is Cc1ccc(C)n1-c1ccccc1NC(=O)N1CCN(C)CC1. The lowest BCUT2D eigenvalue weighted by Gasteiger charge is -2.32. The molecule has 3 rings (SSSR count). The topological polar surface area (TPSA) is 40.5 Å². The zero-order chi connectivity index (χ0) is 16.4. The van der Waals surface area contributed by atoms with Crippen LogP contribution in [0.2, 0.25) is 0 Å². The van der Waals surface area contributed by atoms with E-state index in [1.54, 1.807) is 0 Å².